The van der Waals surface area contributed by atoms with Gasteiger partial charge in [-0.1, -0.05) is 49.4 Å². The molecule has 1 fully saturated rings. The molecule has 0 aliphatic heterocycles. The van der Waals surface area contributed by atoms with E-state index in [0.717, 1.165) is 36.8 Å². The lowest BCUT2D eigenvalue weighted by atomic mass is 9.76. The Hall–Kier alpha value is -2.99. The van der Waals surface area contributed by atoms with E-state index >= 15 is 0 Å². The zero-order chi connectivity index (χ0) is 21.8. The molecule has 0 bridgehead atoms. The van der Waals surface area contributed by atoms with E-state index < -0.39 is 11.6 Å². The summed E-state index contributed by atoms with van der Waals surface area (Å²) in [5, 5.41) is 8.96. The summed E-state index contributed by atoms with van der Waals surface area (Å²) in [4.78, 5) is 0. The van der Waals surface area contributed by atoms with E-state index in [1.165, 1.54) is 5.56 Å². The zero-order valence-electron chi connectivity index (χ0n) is 17.8. The van der Waals surface area contributed by atoms with Gasteiger partial charge in [0.1, 0.15) is 11.6 Å². The van der Waals surface area contributed by atoms with Gasteiger partial charge in [-0.25, -0.2) is 8.78 Å². The van der Waals surface area contributed by atoms with Crippen LogP contribution in [0, 0.1) is 23.0 Å². The van der Waals surface area contributed by atoms with Crippen molar-refractivity contribution in [3.8, 4) is 6.07 Å². The van der Waals surface area contributed by atoms with Crippen molar-refractivity contribution >= 4 is 0 Å². The molecular weight excluding hydrogens is 388 g/mol. The number of benzene rings is 3. The number of rotatable bonds is 5. The number of hydrogen-bond acceptors (Lipinski definition) is 1. The third-order valence-electron chi connectivity index (χ3n) is 6.75. The summed E-state index contributed by atoms with van der Waals surface area (Å²) in [7, 11) is 0. The fraction of sp³-hybridized carbons (Fsp3) is 0.321. The van der Waals surface area contributed by atoms with Crippen molar-refractivity contribution in [2.24, 2.45) is 0 Å². The summed E-state index contributed by atoms with van der Waals surface area (Å²) < 4.78 is 29.8. The molecule has 1 unspecified atom stereocenters. The van der Waals surface area contributed by atoms with Gasteiger partial charge in [0.15, 0.2) is 0 Å². The lowest BCUT2D eigenvalue weighted by molar-refractivity contribution is 0.393. The van der Waals surface area contributed by atoms with E-state index in [4.69, 9.17) is 5.26 Å². The Balaban J connectivity index is 1.43. The standard InChI is InChI=1S/C28H27F2N/c1-19(21-5-3-2-4-6-21)15-26-27(29)16-25(17-28(26)30)24-13-11-23(12-14-24)22-9-7-20(18-31)8-10-22/h2-10,16-17,19,23-24H,11-15H2,1H3. The summed E-state index contributed by atoms with van der Waals surface area (Å²) in [6.45, 7) is 2.01. The first-order chi connectivity index (χ1) is 15.0. The van der Waals surface area contributed by atoms with Gasteiger partial charge < -0.3 is 0 Å². The molecule has 0 radical (unpaired) electrons. The summed E-state index contributed by atoms with van der Waals surface area (Å²) in [5.74, 6) is -0.151. The van der Waals surface area contributed by atoms with Crippen molar-refractivity contribution in [2.45, 2.75) is 56.8 Å². The third-order valence-corrected chi connectivity index (χ3v) is 6.75. The number of hydrogen-bond donors (Lipinski definition) is 0. The van der Waals surface area contributed by atoms with Crippen LogP contribution in [0.4, 0.5) is 8.78 Å². The average molecular weight is 416 g/mol. The smallest absolute Gasteiger partial charge is 0.129 e. The Morgan fingerprint density at radius 1 is 0.839 bits per heavy atom. The molecular formula is C28H27F2N. The summed E-state index contributed by atoms with van der Waals surface area (Å²) in [5.41, 5.74) is 3.98. The van der Waals surface area contributed by atoms with Crippen molar-refractivity contribution < 1.29 is 8.78 Å². The van der Waals surface area contributed by atoms with Gasteiger partial charge in [0.05, 0.1) is 11.6 Å². The molecule has 3 aromatic carbocycles. The molecule has 31 heavy (non-hydrogen) atoms. The van der Waals surface area contributed by atoms with Crippen molar-refractivity contribution in [1.29, 1.82) is 5.26 Å². The fourth-order valence-electron chi connectivity index (χ4n) is 4.85. The third kappa shape index (κ3) is 4.85. The summed E-state index contributed by atoms with van der Waals surface area (Å²) in [6, 6.07) is 22.9. The zero-order valence-corrected chi connectivity index (χ0v) is 17.8. The van der Waals surface area contributed by atoms with Crippen LogP contribution in [0.3, 0.4) is 0 Å². The first-order valence-electron chi connectivity index (χ1n) is 11.1. The van der Waals surface area contributed by atoms with Crippen LogP contribution in [0.2, 0.25) is 0 Å². The van der Waals surface area contributed by atoms with Crippen LogP contribution in [0.1, 0.15) is 78.2 Å². The van der Waals surface area contributed by atoms with E-state index in [9.17, 15) is 8.78 Å². The molecule has 1 atom stereocenters. The molecule has 1 aliphatic carbocycles. The predicted molar refractivity (Wildman–Crippen MR) is 120 cm³/mol. The summed E-state index contributed by atoms with van der Waals surface area (Å²) in [6.07, 6.45) is 4.18. The first-order valence-corrected chi connectivity index (χ1v) is 11.1. The van der Waals surface area contributed by atoms with Crippen LogP contribution in [-0.2, 0) is 6.42 Å². The molecule has 3 heteroatoms. The van der Waals surface area contributed by atoms with Crippen LogP contribution in [0.25, 0.3) is 0 Å². The highest BCUT2D eigenvalue weighted by Gasteiger charge is 2.25. The van der Waals surface area contributed by atoms with Gasteiger partial charge in [-0.05, 0) is 90.8 Å². The molecule has 0 heterocycles. The van der Waals surface area contributed by atoms with E-state index in [2.05, 4.69) is 6.07 Å². The maximum absolute atomic E-state index is 14.9. The molecule has 158 valence electrons. The van der Waals surface area contributed by atoms with Crippen molar-refractivity contribution in [1.82, 2.24) is 0 Å². The molecule has 1 nitrogen and oxygen atoms in total. The highest BCUT2D eigenvalue weighted by molar-refractivity contribution is 5.34. The molecule has 0 N–H and O–H groups in total. The second-order valence-corrected chi connectivity index (χ2v) is 8.76. The monoisotopic (exact) mass is 415 g/mol. The first kappa shape index (κ1) is 21.2. The Bertz CT molecular complexity index is 1040. The predicted octanol–water partition coefficient (Wildman–Crippen LogP) is 7.62. The molecule has 1 aliphatic rings. The Kier molecular flexibility index (Phi) is 6.47. The Morgan fingerprint density at radius 2 is 1.39 bits per heavy atom. The number of nitrogens with zero attached hydrogens (tertiary/aromatic N) is 1. The normalized spacial score (nSPS) is 19.5. The van der Waals surface area contributed by atoms with Gasteiger partial charge in [-0.3, -0.25) is 0 Å². The Labute approximate surface area is 183 Å². The average Bonchev–Trinajstić information content (AvgIpc) is 2.82. The SMILES string of the molecule is CC(Cc1c(F)cc(C2CCC(c3ccc(C#N)cc3)CC2)cc1F)c1ccccc1. The maximum Gasteiger partial charge on any atom is 0.129 e. The van der Waals surface area contributed by atoms with E-state index in [1.54, 1.807) is 12.1 Å². The van der Waals surface area contributed by atoms with E-state index in [-0.39, 0.29) is 17.4 Å². The molecule has 4 rings (SSSR count). The van der Waals surface area contributed by atoms with Crippen LogP contribution < -0.4 is 0 Å². The minimum absolute atomic E-state index is 0.0545. The van der Waals surface area contributed by atoms with E-state index in [0.29, 0.717) is 17.9 Å². The molecule has 0 amide bonds. The molecule has 1 saturated carbocycles. The molecule has 0 aromatic heterocycles. The van der Waals surface area contributed by atoms with Gasteiger partial charge in [0.2, 0.25) is 0 Å². The van der Waals surface area contributed by atoms with Crippen molar-refractivity contribution in [3.63, 3.8) is 0 Å². The molecule has 0 saturated heterocycles. The quantitative estimate of drug-likeness (QED) is 0.420. The fourth-order valence-corrected chi connectivity index (χ4v) is 4.85. The van der Waals surface area contributed by atoms with Gasteiger partial charge in [-0.2, -0.15) is 5.26 Å². The largest absolute Gasteiger partial charge is 0.207 e. The van der Waals surface area contributed by atoms with E-state index in [1.807, 2.05) is 61.5 Å². The second kappa shape index (κ2) is 9.43. The summed E-state index contributed by atoms with van der Waals surface area (Å²) >= 11 is 0. The van der Waals surface area contributed by atoms with Crippen LogP contribution in [0.5, 0.6) is 0 Å². The topological polar surface area (TPSA) is 23.8 Å². The number of nitriles is 1. The lowest BCUT2D eigenvalue weighted by Gasteiger charge is -2.29. The van der Waals surface area contributed by atoms with Crippen LogP contribution >= 0.6 is 0 Å². The highest BCUT2D eigenvalue weighted by Crippen LogP contribution is 2.41. The minimum Gasteiger partial charge on any atom is -0.207 e. The molecule has 0 spiro atoms. The van der Waals surface area contributed by atoms with Gasteiger partial charge >= 0.3 is 0 Å². The molecule has 3 aromatic rings. The second-order valence-electron chi connectivity index (χ2n) is 8.76. The highest BCUT2D eigenvalue weighted by atomic mass is 19.1. The van der Waals surface area contributed by atoms with Crippen molar-refractivity contribution in [2.75, 3.05) is 0 Å². The van der Waals surface area contributed by atoms with Gasteiger partial charge in [0.25, 0.3) is 0 Å². The minimum atomic E-state index is -0.424. The van der Waals surface area contributed by atoms with Crippen LogP contribution in [0.15, 0.2) is 66.7 Å². The van der Waals surface area contributed by atoms with Crippen molar-refractivity contribution in [3.05, 3.63) is 106 Å². The van der Waals surface area contributed by atoms with Gasteiger partial charge in [-0.15, -0.1) is 0 Å². The van der Waals surface area contributed by atoms with Crippen LogP contribution in [-0.4, -0.2) is 0 Å². The Morgan fingerprint density at radius 3 is 1.94 bits per heavy atom. The van der Waals surface area contributed by atoms with Gasteiger partial charge in [0, 0.05) is 5.56 Å². The maximum atomic E-state index is 14.9. The lowest BCUT2D eigenvalue weighted by Crippen LogP contribution is -2.13. The number of halogens is 2.